The van der Waals surface area contributed by atoms with Gasteiger partial charge in [-0.3, -0.25) is 4.79 Å². The van der Waals surface area contributed by atoms with Gasteiger partial charge in [0.25, 0.3) is 5.91 Å². The highest BCUT2D eigenvalue weighted by molar-refractivity contribution is 7.89. The second-order valence-corrected chi connectivity index (χ2v) is 10.6. The van der Waals surface area contributed by atoms with E-state index in [2.05, 4.69) is 4.99 Å². The van der Waals surface area contributed by atoms with Crippen molar-refractivity contribution in [2.45, 2.75) is 51.5 Å². The first-order chi connectivity index (χ1) is 15.7. The number of benzene rings is 2. The molecule has 0 unspecified atom stereocenters. The third kappa shape index (κ3) is 5.39. The lowest BCUT2D eigenvalue weighted by molar-refractivity contribution is 0.0997. The molecule has 0 N–H and O–H groups in total. The predicted molar refractivity (Wildman–Crippen MR) is 126 cm³/mol. The highest BCUT2D eigenvalue weighted by atomic mass is 32.2. The van der Waals surface area contributed by atoms with E-state index in [1.807, 2.05) is 20.8 Å². The molecule has 0 aliphatic heterocycles. The molecule has 0 saturated heterocycles. The van der Waals surface area contributed by atoms with E-state index in [4.69, 9.17) is 0 Å². The molecule has 1 heterocycles. The lowest BCUT2D eigenvalue weighted by Gasteiger charge is -2.21. The Bertz CT molecular complexity index is 1310. The lowest BCUT2D eigenvalue weighted by atomic mass is 10.2. The van der Waals surface area contributed by atoms with E-state index in [0.29, 0.717) is 43.6 Å². The molecule has 0 bridgehead atoms. The van der Waals surface area contributed by atoms with E-state index in [-0.39, 0.29) is 20.8 Å². The molecule has 2 aromatic carbocycles. The summed E-state index contributed by atoms with van der Waals surface area (Å²) in [5, 5.41) is 0. The maximum absolute atomic E-state index is 14.4. The lowest BCUT2D eigenvalue weighted by Crippen LogP contribution is -2.32. The number of halogens is 2. The molecule has 0 spiro atoms. The van der Waals surface area contributed by atoms with Crippen LogP contribution in [0.1, 0.15) is 50.4 Å². The van der Waals surface area contributed by atoms with Gasteiger partial charge in [0.1, 0.15) is 5.82 Å². The molecule has 10 heteroatoms. The first-order valence-corrected chi connectivity index (χ1v) is 13.2. The van der Waals surface area contributed by atoms with Crippen LogP contribution in [0.25, 0.3) is 10.2 Å². The van der Waals surface area contributed by atoms with Crippen molar-refractivity contribution >= 4 is 37.5 Å². The third-order valence-corrected chi connectivity index (χ3v) is 7.96. The largest absolute Gasteiger partial charge is 0.314 e. The van der Waals surface area contributed by atoms with Crippen LogP contribution in [0.15, 0.2) is 46.3 Å². The number of hydrogen-bond donors (Lipinski definition) is 0. The Kier molecular flexibility index (Phi) is 8.14. The van der Waals surface area contributed by atoms with Crippen LogP contribution in [-0.4, -0.2) is 36.3 Å². The first-order valence-electron chi connectivity index (χ1n) is 10.9. The van der Waals surface area contributed by atoms with Crippen molar-refractivity contribution in [1.82, 2.24) is 8.87 Å². The fourth-order valence-electron chi connectivity index (χ4n) is 3.57. The number of thiazole rings is 1. The summed E-state index contributed by atoms with van der Waals surface area (Å²) in [6.45, 7) is 7.00. The molecule has 33 heavy (non-hydrogen) atoms. The van der Waals surface area contributed by atoms with Crippen molar-refractivity contribution in [2.24, 2.45) is 4.99 Å². The Morgan fingerprint density at radius 3 is 2.24 bits per heavy atom. The molecule has 3 aromatic rings. The molecule has 0 atom stereocenters. The van der Waals surface area contributed by atoms with Gasteiger partial charge in [0.2, 0.25) is 10.0 Å². The predicted octanol–water partition coefficient (Wildman–Crippen LogP) is 4.94. The number of carbonyl (C=O) groups is 1. The minimum absolute atomic E-state index is 0.112. The van der Waals surface area contributed by atoms with Gasteiger partial charge in [0.15, 0.2) is 10.6 Å². The summed E-state index contributed by atoms with van der Waals surface area (Å²) in [5.41, 5.74) is 0.418. The maximum Gasteiger partial charge on any atom is 0.279 e. The van der Waals surface area contributed by atoms with Crippen LogP contribution in [0, 0.1) is 11.6 Å². The van der Waals surface area contributed by atoms with Crippen LogP contribution in [-0.2, 0) is 16.6 Å². The molecule has 6 nitrogen and oxygen atoms in total. The molecule has 0 saturated carbocycles. The van der Waals surface area contributed by atoms with Gasteiger partial charge in [-0.2, -0.15) is 9.30 Å². The zero-order chi connectivity index (χ0) is 24.2. The summed E-state index contributed by atoms with van der Waals surface area (Å²) in [5.74, 6) is -1.99. The Morgan fingerprint density at radius 1 is 1.03 bits per heavy atom. The number of nitrogens with zero attached hydrogens (tertiary/aromatic N) is 3. The first kappa shape index (κ1) is 25.2. The van der Waals surface area contributed by atoms with E-state index in [9.17, 15) is 22.0 Å². The third-order valence-electron chi connectivity index (χ3n) is 5.02. The second kappa shape index (κ2) is 10.7. The van der Waals surface area contributed by atoms with Gasteiger partial charge >= 0.3 is 0 Å². The standard InChI is InChI=1S/C23H27F2N3O3S2/c1-4-11-27(12-5-2)33(30,31)18-9-7-16(8-10-18)22(29)26-23-28(13-6-3)21-19(25)14-17(24)15-20(21)32-23/h7-10,14-15H,4-6,11-13H2,1-3H3. The molecule has 178 valence electrons. The highest BCUT2D eigenvalue weighted by Crippen LogP contribution is 2.23. The zero-order valence-electron chi connectivity index (χ0n) is 18.8. The molecule has 1 aromatic heterocycles. The van der Waals surface area contributed by atoms with Gasteiger partial charge in [0.05, 0.1) is 15.1 Å². The number of carbonyl (C=O) groups excluding carboxylic acids is 1. The number of aromatic nitrogens is 1. The van der Waals surface area contributed by atoms with E-state index < -0.39 is 27.6 Å². The quantitative estimate of drug-likeness (QED) is 0.422. The van der Waals surface area contributed by atoms with Crippen LogP contribution in [0.2, 0.25) is 0 Å². The molecule has 3 rings (SSSR count). The molecular formula is C23H27F2N3O3S2. The van der Waals surface area contributed by atoms with Crippen LogP contribution in [0.3, 0.4) is 0 Å². The monoisotopic (exact) mass is 495 g/mol. The molecule has 0 fully saturated rings. The number of hydrogen-bond acceptors (Lipinski definition) is 4. The molecular weight excluding hydrogens is 468 g/mol. The highest BCUT2D eigenvalue weighted by Gasteiger charge is 2.23. The average Bonchev–Trinajstić information content (AvgIpc) is 3.10. The number of aryl methyl sites for hydroxylation is 1. The van der Waals surface area contributed by atoms with Crippen molar-refractivity contribution in [1.29, 1.82) is 0 Å². The molecule has 0 aliphatic rings. The number of fused-ring (bicyclic) bond motifs is 1. The van der Waals surface area contributed by atoms with Crippen molar-refractivity contribution in [3.63, 3.8) is 0 Å². The summed E-state index contributed by atoms with van der Waals surface area (Å²) in [4.78, 5) is 17.3. The van der Waals surface area contributed by atoms with E-state index in [1.54, 1.807) is 4.57 Å². The number of amides is 1. The van der Waals surface area contributed by atoms with Crippen LogP contribution in [0.4, 0.5) is 8.78 Å². The molecule has 0 radical (unpaired) electrons. The van der Waals surface area contributed by atoms with Crippen molar-refractivity contribution in [2.75, 3.05) is 13.1 Å². The second-order valence-electron chi connectivity index (χ2n) is 7.62. The Hall–Kier alpha value is -2.43. The molecule has 1 amide bonds. The fourth-order valence-corrected chi connectivity index (χ4v) is 6.28. The summed E-state index contributed by atoms with van der Waals surface area (Å²) < 4.78 is 57.2. The van der Waals surface area contributed by atoms with E-state index >= 15 is 0 Å². The van der Waals surface area contributed by atoms with E-state index in [1.165, 1.54) is 34.6 Å². The Labute approximate surface area is 196 Å². The van der Waals surface area contributed by atoms with Gasteiger partial charge in [-0.15, -0.1) is 0 Å². The average molecular weight is 496 g/mol. The summed E-state index contributed by atoms with van der Waals surface area (Å²) in [6.07, 6.45) is 2.07. The minimum atomic E-state index is -3.65. The van der Waals surface area contributed by atoms with Crippen LogP contribution >= 0.6 is 11.3 Å². The normalized spacial score (nSPS) is 12.7. The van der Waals surface area contributed by atoms with Gasteiger partial charge < -0.3 is 4.57 Å². The smallest absolute Gasteiger partial charge is 0.279 e. The minimum Gasteiger partial charge on any atom is -0.314 e. The number of sulfonamides is 1. The van der Waals surface area contributed by atoms with Crippen molar-refractivity contribution in [3.8, 4) is 0 Å². The van der Waals surface area contributed by atoms with Crippen molar-refractivity contribution < 1.29 is 22.0 Å². The zero-order valence-corrected chi connectivity index (χ0v) is 20.5. The fraction of sp³-hybridized carbons (Fsp3) is 0.391. The van der Waals surface area contributed by atoms with Crippen LogP contribution in [0.5, 0.6) is 0 Å². The topological polar surface area (TPSA) is 71.7 Å². The molecule has 0 aliphatic carbocycles. The summed E-state index contributed by atoms with van der Waals surface area (Å²) in [6, 6.07) is 7.68. The van der Waals surface area contributed by atoms with Crippen molar-refractivity contribution in [3.05, 3.63) is 58.4 Å². The van der Waals surface area contributed by atoms with Gasteiger partial charge in [0, 0.05) is 31.3 Å². The maximum atomic E-state index is 14.4. The SMILES string of the molecule is CCCN(CCC)S(=O)(=O)c1ccc(C(=O)N=c2sc3cc(F)cc(F)c3n2CCC)cc1. The van der Waals surface area contributed by atoms with Gasteiger partial charge in [-0.1, -0.05) is 32.1 Å². The summed E-state index contributed by atoms with van der Waals surface area (Å²) >= 11 is 1.03. The summed E-state index contributed by atoms with van der Waals surface area (Å²) in [7, 11) is -3.65. The van der Waals surface area contributed by atoms with Gasteiger partial charge in [-0.25, -0.2) is 17.2 Å². The number of rotatable bonds is 9. The Morgan fingerprint density at radius 2 is 1.67 bits per heavy atom. The van der Waals surface area contributed by atoms with Crippen LogP contribution < -0.4 is 4.80 Å². The Balaban J connectivity index is 1.98. The van der Waals surface area contributed by atoms with E-state index in [0.717, 1.165) is 17.4 Å². The van der Waals surface area contributed by atoms with Gasteiger partial charge in [-0.05, 0) is 49.6 Å².